The minimum Gasteiger partial charge on any atom is -0.507 e. The number of phenolic OH excluding ortho intramolecular Hbond substituents is 1. The van der Waals surface area contributed by atoms with E-state index in [0.717, 1.165) is 0 Å². The number of Topliss-reactive ketones (excluding diaryl/α,β-unsaturated/α-hetero) is 4. The fourth-order valence-electron chi connectivity index (χ4n) is 10.7. The molecule has 0 spiro atoms. The summed E-state index contributed by atoms with van der Waals surface area (Å²) in [6.07, 6.45) is -4.09. The summed E-state index contributed by atoms with van der Waals surface area (Å²) < 4.78 is 0. The van der Waals surface area contributed by atoms with Crippen LogP contribution in [0, 0.1) is 40.4 Å². The number of ketones is 4. The van der Waals surface area contributed by atoms with Gasteiger partial charge in [-0.3, -0.25) is 24.0 Å². The third-order valence-electron chi connectivity index (χ3n) is 12.8. The Balaban J connectivity index is 1.43. The molecule has 3 aromatic carbocycles. The second-order valence-corrected chi connectivity index (χ2v) is 16.2. The number of hydrogen-bond donors (Lipinski definition) is 6. The van der Waals surface area contributed by atoms with Crippen LogP contribution in [0.15, 0.2) is 54.6 Å². The summed E-state index contributed by atoms with van der Waals surface area (Å²) in [6, 6.07) is 13.8. The maximum Gasteiger partial charge on any atom is 0.335 e. The Labute approximate surface area is 304 Å². The van der Waals surface area contributed by atoms with Gasteiger partial charge in [-0.25, -0.2) is 4.79 Å². The molecule has 2 unspecified atom stereocenters. The second-order valence-electron chi connectivity index (χ2n) is 16.2. The van der Waals surface area contributed by atoms with Crippen LogP contribution < -0.4 is 5.73 Å². The molecule has 2 saturated carbocycles. The summed E-state index contributed by atoms with van der Waals surface area (Å²) >= 11 is 0. The SMILES string of the molecule is CC(C)[C@H]1C(O)[C@@H](C(N)=O)C(=O)[C@]2(O)C(O)[C@H]3C(=O)c4c(O)c(CC5C(=O)c6ccccc6C5=O)cc(-c5cccc(C(=O)O)c5)c4C[C@]3(C)C[C@]12C. The Morgan fingerprint density at radius 3 is 2.09 bits per heavy atom. The molecule has 8 atom stereocenters. The summed E-state index contributed by atoms with van der Waals surface area (Å²) in [5.74, 6) is -11.8. The molecule has 1 amide bonds. The Bertz CT molecular complexity index is 2140. The van der Waals surface area contributed by atoms with Crippen molar-refractivity contribution in [2.45, 2.75) is 64.8 Å². The van der Waals surface area contributed by atoms with Crippen LogP contribution in [0.1, 0.15) is 86.7 Å². The maximum atomic E-state index is 15.0. The van der Waals surface area contributed by atoms with Gasteiger partial charge in [0.05, 0.1) is 29.1 Å². The van der Waals surface area contributed by atoms with Crippen molar-refractivity contribution >= 4 is 35.0 Å². The van der Waals surface area contributed by atoms with E-state index in [1.807, 2.05) is 0 Å². The molecule has 276 valence electrons. The summed E-state index contributed by atoms with van der Waals surface area (Å²) in [5, 5.41) is 57.9. The molecule has 4 aliphatic carbocycles. The summed E-state index contributed by atoms with van der Waals surface area (Å²) in [7, 11) is 0. The molecule has 4 aliphatic rings. The maximum absolute atomic E-state index is 15.0. The minimum absolute atomic E-state index is 0.0109. The van der Waals surface area contributed by atoms with E-state index in [2.05, 4.69) is 0 Å². The standard InChI is InChI=1S/C41H41NO11/c1-17(2)28-34(47)27(37(42)50)35(48)41(53)36(49)29-33(46)26-25(15-39(29,3)16-40(28,41)4)23(18-8-7-9-19(12-18)38(51)52)13-20(30(26)43)14-24-31(44)21-10-5-6-11-22(21)32(24)45/h5-13,17,24,27-29,34,36,43,47,49,53H,14-16H2,1-4H3,(H2,42,50)(H,51,52)/t27-,28+,29-,34?,36?,39-,40-,41+/m1/s1. The number of aliphatic hydroxyl groups excluding tert-OH is 2. The van der Waals surface area contributed by atoms with Gasteiger partial charge in [0.2, 0.25) is 5.91 Å². The molecule has 0 saturated heterocycles. The Morgan fingerprint density at radius 1 is 0.906 bits per heavy atom. The molecule has 0 aromatic heterocycles. The first kappa shape index (κ1) is 36.3. The number of fused-ring (bicyclic) bond motifs is 4. The smallest absolute Gasteiger partial charge is 0.335 e. The molecule has 7 rings (SSSR count). The molecule has 0 aliphatic heterocycles. The van der Waals surface area contributed by atoms with E-state index in [4.69, 9.17) is 5.73 Å². The van der Waals surface area contributed by atoms with Crippen molar-refractivity contribution in [3.8, 4) is 16.9 Å². The Hall–Kier alpha value is -5.04. The highest BCUT2D eigenvalue weighted by Crippen LogP contribution is 2.66. The number of amides is 1. The molecule has 0 bridgehead atoms. The highest BCUT2D eigenvalue weighted by molar-refractivity contribution is 6.26. The van der Waals surface area contributed by atoms with E-state index < -0.39 is 99.0 Å². The van der Waals surface area contributed by atoms with E-state index in [9.17, 15) is 54.3 Å². The largest absolute Gasteiger partial charge is 0.507 e. The van der Waals surface area contributed by atoms with Crippen LogP contribution in [0.3, 0.4) is 0 Å². The average molecular weight is 724 g/mol. The van der Waals surface area contributed by atoms with Gasteiger partial charge in [0.15, 0.2) is 28.7 Å². The highest BCUT2D eigenvalue weighted by Gasteiger charge is 2.76. The zero-order valence-electron chi connectivity index (χ0n) is 29.6. The molecule has 3 aromatic rings. The number of benzene rings is 3. The zero-order chi connectivity index (χ0) is 38.7. The van der Waals surface area contributed by atoms with E-state index in [1.54, 1.807) is 52.0 Å². The van der Waals surface area contributed by atoms with Gasteiger partial charge >= 0.3 is 5.97 Å². The van der Waals surface area contributed by atoms with E-state index in [1.165, 1.54) is 30.3 Å². The molecule has 53 heavy (non-hydrogen) atoms. The first-order valence-electron chi connectivity index (χ1n) is 17.7. The van der Waals surface area contributed by atoms with Crippen LogP contribution in [0.2, 0.25) is 0 Å². The number of carboxylic acid groups (broad SMARTS) is 1. The first-order chi connectivity index (χ1) is 24.8. The highest BCUT2D eigenvalue weighted by atomic mass is 16.4. The summed E-state index contributed by atoms with van der Waals surface area (Å²) in [5.41, 5.74) is 1.33. The van der Waals surface area contributed by atoms with Crippen LogP contribution in [-0.4, -0.2) is 78.4 Å². The van der Waals surface area contributed by atoms with Gasteiger partial charge < -0.3 is 31.3 Å². The number of aromatic carboxylic acids is 1. The third kappa shape index (κ3) is 4.85. The molecular weight excluding hydrogens is 682 g/mol. The zero-order valence-corrected chi connectivity index (χ0v) is 29.6. The van der Waals surface area contributed by atoms with Crippen LogP contribution in [0.4, 0.5) is 0 Å². The van der Waals surface area contributed by atoms with Gasteiger partial charge in [0.1, 0.15) is 17.8 Å². The number of carboxylic acids is 1. The number of rotatable bonds is 6. The summed E-state index contributed by atoms with van der Waals surface area (Å²) in [6.45, 7) is 6.78. The average Bonchev–Trinajstić information content (AvgIpc) is 3.31. The van der Waals surface area contributed by atoms with Gasteiger partial charge in [-0.05, 0) is 77.0 Å². The van der Waals surface area contributed by atoms with Crippen molar-refractivity contribution in [1.29, 1.82) is 0 Å². The molecule has 12 heteroatoms. The van der Waals surface area contributed by atoms with Gasteiger partial charge in [-0.1, -0.05) is 64.1 Å². The minimum atomic E-state index is -2.71. The third-order valence-corrected chi connectivity index (χ3v) is 12.8. The second kappa shape index (κ2) is 12.0. The summed E-state index contributed by atoms with van der Waals surface area (Å²) in [4.78, 5) is 80.6. The molecule has 0 radical (unpaired) electrons. The number of hydrogen-bond acceptors (Lipinski definition) is 10. The van der Waals surface area contributed by atoms with Gasteiger partial charge in [-0.15, -0.1) is 0 Å². The van der Waals surface area contributed by atoms with Gasteiger partial charge in [0.25, 0.3) is 0 Å². The van der Waals surface area contributed by atoms with Crippen molar-refractivity contribution in [2.24, 2.45) is 46.2 Å². The number of carbonyl (C=O) groups is 6. The van der Waals surface area contributed by atoms with Crippen molar-refractivity contribution < 1.29 is 54.3 Å². The van der Waals surface area contributed by atoms with Crippen molar-refractivity contribution in [3.05, 3.63) is 88.0 Å². The fraction of sp³-hybridized carbons (Fsp3) is 0.415. The normalized spacial score (nSPS) is 32.3. The van der Waals surface area contributed by atoms with E-state index >= 15 is 0 Å². The van der Waals surface area contributed by atoms with Crippen molar-refractivity contribution in [3.63, 3.8) is 0 Å². The Morgan fingerprint density at radius 2 is 1.53 bits per heavy atom. The fourth-order valence-corrected chi connectivity index (χ4v) is 10.7. The van der Waals surface area contributed by atoms with Crippen molar-refractivity contribution in [1.82, 2.24) is 0 Å². The van der Waals surface area contributed by atoms with Gasteiger partial charge in [-0.2, -0.15) is 0 Å². The predicted octanol–water partition coefficient (Wildman–Crippen LogP) is 3.18. The number of primary amides is 1. The topological polar surface area (TPSA) is 230 Å². The monoisotopic (exact) mass is 723 g/mol. The number of carbonyl (C=O) groups excluding carboxylic acids is 5. The quantitative estimate of drug-likeness (QED) is 0.202. The number of aliphatic hydroxyl groups is 3. The molecular formula is C41H41NO11. The van der Waals surface area contributed by atoms with Crippen LogP contribution in [-0.2, 0) is 22.4 Å². The van der Waals surface area contributed by atoms with Crippen LogP contribution >= 0.6 is 0 Å². The lowest BCUT2D eigenvalue weighted by atomic mass is 9.39. The first-order valence-corrected chi connectivity index (χ1v) is 17.7. The lowest BCUT2D eigenvalue weighted by Crippen LogP contribution is -2.79. The van der Waals surface area contributed by atoms with E-state index in [-0.39, 0.29) is 47.1 Å². The lowest BCUT2D eigenvalue weighted by Gasteiger charge is -2.66. The molecule has 12 nitrogen and oxygen atoms in total. The van der Waals surface area contributed by atoms with E-state index in [0.29, 0.717) is 16.7 Å². The molecule has 7 N–H and O–H groups in total. The lowest BCUT2D eigenvalue weighted by molar-refractivity contribution is -0.265. The number of phenols is 1. The number of aromatic hydroxyl groups is 1. The van der Waals surface area contributed by atoms with Crippen LogP contribution in [0.25, 0.3) is 11.1 Å². The van der Waals surface area contributed by atoms with Crippen molar-refractivity contribution in [2.75, 3.05) is 0 Å². The van der Waals surface area contributed by atoms with Crippen LogP contribution in [0.5, 0.6) is 5.75 Å². The Kier molecular flexibility index (Phi) is 8.22. The number of nitrogens with two attached hydrogens (primary N) is 1. The molecule has 0 heterocycles. The van der Waals surface area contributed by atoms with Gasteiger partial charge in [0, 0.05) is 16.5 Å². The predicted molar refractivity (Wildman–Crippen MR) is 188 cm³/mol. The molecule has 2 fully saturated rings.